The minimum absolute atomic E-state index is 0.552. The molecule has 76 valence electrons. The Kier molecular flexibility index (Phi) is 2.54. The number of rotatable bonds is 2. The van der Waals surface area contributed by atoms with E-state index in [9.17, 15) is 5.21 Å². The minimum Gasteiger partial charge on any atom is -0.619 e. The standard InChI is InChI=1S/C12H11NO2/c1-10-7-12(9-13(14)8-10)15-11-5-3-2-4-6-11/h2-9H,1H3. The van der Waals surface area contributed by atoms with E-state index in [-0.39, 0.29) is 0 Å². The van der Waals surface area contributed by atoms with Crippen molar-refractivity contribution in [1.82, 2.24) is 0 Å². The smallest absolute Gasteiger partial charge is 0.223 e. The van der Waals surface area contributed by atoms with Gasteiger partial charge in [0.15, 0.2) is 11.9 Å². The van der Waals surface area contributed by atoms with Crippen LogP contribution in [0.5, 0.6) is 11.5 Å². The molecule has 0 aliphatic heterocycles. The second-order valence-electron chi connectivity index (χ2n) is 3.32. The Morgan fingerprint density at radius 1 is 1.07 bits per heavy atom. The maximum absolute atomic E-state index is 11.1. The molecule has 0 amide bonds. The lowest BCUT2D eigenvalue weighted by Gasteiger charge is -2.05. The van der Waals surface area contributed by atoms with E-state index in [1.165, 1.54) is 12.4 Å². The van der Waals surface area contributed by atoms with Gasteiger partial charge in [0.25, 0.3) is 0 Å². The largest absolute Gasteiger partial charge is 0.619 e. The fourth-order valence-corrected chi connectivity index (χ4v) is 1.34. The van der Waals surface area contributed by atoms with Gasteiger partial charge in [-0.05, 0) is 25.1 Å². The molecule has 15 heavy (non-hydrogen) atoms. The normalized spacial score (nSPS) is 9.93. The zero-order valence-corrected chi connectivity index (χ0v) is 8.38. The number of hydrogen-bond acceptors (Lipinski definition) is 2. The highest BCUT2D eigenvalue weighted by Gasteiger charge is 2.02. The molecule has 0 aliphatic rings. The van der Waals surface area contributed by atoms with Crippen molar-refractivity contribution in [2.45, 2.75) is 6.92 Å². The van der Waals surface area contributed by atoms with Crippen LogP contribution in [0.4, 0.5) is 0 Å². The van der Waals surface area contributed by atoms with E-state index in [1.807, 2.05) is 43.3 Å². The molecule has 2 rings (SSSR count). The number of nitrogens with zero attached hydrogens (tertiary/aromatic N) is 1. The number of para-hydroxylation sites is 1. The Morgan fingerprint density at radius 3 is 2.47 bits per heavy atom. The molecular formula is C12H11NO2. The van der Waals surface area contributed by atoms with Crippen LogP contribution in [-0.2, 0) is 0 Å². The summed E-state index contributed by atoms with van der Waals surface area (Å²) in [6.07, 6.45) is 2.90. The summed E-state index contributed by atoms with van der Waals surface area (Å²) in [6, 6.07) is 11.2. The summed E-state index contributed by atoms with van der Waals surface area (Å²) in [5.41, 5.74) is 0.874. The average Bonchev–Trinajstić information content (AvgIpc) is 2.17. The van der Waals surface area contributed by atoms with Crippen LogP contribution in [-0.4, -0.2) is 0 Å². The van der Waals surface area contributed by atoms with Crippen LogP contribution in [0.15, 0.2) is 48.8 Å². The Hall–Kier alpha value is -2.03. The molecular weight excluding hydrogens is 190 g/mol. The fraction of sp³-hybridized carbons (Fsp3) is 0.0833. The highest BCUT2D eigenvalue weighted by molar-refractivity contribution is 5.29. The Balaban J connectivity index is 2.25. The Bertz CT molecular complexity index is 434. The first-order valence-electron chi connectivity index (χ1n) is 4.67. The lowest BCUT2D eigenvalue weighted by molar-refractivity contribution is -0.606. The average molecular weight is 201 g/mol. The summed E-state index contributed by atoms with van der Waals surface area (Å²) < 4.78 is 6.26. The van der Waals surface area contributed by atoms with E-state index in [0.29, 0.717) is 5.75 Å². The van der Waals surface area contributed by atoms with E-state index in [0.717, 1.165) is 16.0 Å². The van der Waals surface area contributed by atoms with Gasteiger partial charge in [-0.2, -0.15) is 4.73 Å². The van der Waals surface area contributed by atoms with E-state index in [2.05, 4.69) is 0 Å². The number of ether oxygens (including phenoxy) is 1. The van der Waals surface area contributed by atoms with E-state index < -0.39 is 0 Å². The van der Waals surface area contributed by atoms with Crippen LogP contribution in [0, 0.1) is 12.1 Å². The molecule has 0 N–H and O–H groups in total. The van der Waals surface area contributed by atoms with Gasteiger partial charge in [-0.1, -0.05) is 18.2 Å². The van der Waals surface area contributed by atoms with Gasteiger partial charge in [-0.25, -0.2) is 0 Å². The number of aromatic nitrogens is 1. The first kappa shape index (κ1) is 9.52. The molecule has 0 fully saturated rings. The lowest BCUT2D eigenvalue weighted by atomic mass is 10.3. The van der Waals surface area contributed by atoms with Crippen LogP contribution in [0.25, 0.3) is 0 Å². The molecule has 1 aromatic carbocycles. The van der Waals surface area contributed by atoms with Crippen molar-refractivity contribution in [1.29, 1.82) is 0 Å². The predicted octanol–water partition coefficient (Wildman–Crippen LogP) is 2.42. The molecule has 0 aliphatic carbocycles. The quantitative estimate of drug-likeness (QED) is 0.552. The van der Waals surface area contributed by atoms with Crippen LogP contribution in [0.1, 0.15) is 5.56 Å². The zero-order valence-electron chi connectivity index (χ0n) is 8.38. The van der Waals surface area contributed by atoms with Gasteiger partial charge in [0.1, 0.15) is 5.75 Å². The second kappa shape index (κ2) is 4.00. The third-order valence-electron chi connectivity index (χ3n) is 1.93. The van der Waals surface area contributed by atoms with Crippen molar-refractivity contribution in [3.05, 3.63) is 59.6 Å². The van der Waals surface area contributed by atoms with Gasteiger partial charge in [-0.3, -0.25) is 0 Å². The first-order chi connectivity index (χ1) is 7.24. The number of pyridine rings is 1. The first-order valence-corrected chi connectivity index (χ1v) is 4.67. The van der Waals surface area contributed by atoms with Crippen molar-refractivity contribution in [3.63, 3.8) is 0 Å². The van der Waals surface area contributed by atoms with Crippen molar-refractivity contribution in [2.75, 3.05) is 0 Å². The number of benzene rings is 1. The van der Waals surface area contributed by atoms with E-state index in [4.69, 9.17) is 4.74 Å². The molecule has 3 heteroatoms. The third kappa shape index (κ3) is 2.47. The summed E-state index contributed by atoms with van der Waals surface area (Å²) in [4.78, 5) is 0. The van der Waals surface area contributed by atoms with Gasteiger partial charge in [-0.15, -0.1) is 0 Å². The van der Waals surface area contributed by atoms with Crippen LogP contribution in [0.2, 0.25) is 0 Å². The van der Waals surface area contributed by atoms with Crippen molar-refractivity contribution < 1.29 is 9.47 Å². The summed E-state index contributed by atoms with van der Waals surface area (Å²) >= 11 is 0. The van der Waals surface area contributed by atoms with Gasteiger partial charge >= 0.3 is 0 Å². The van der Waals surface area contributed by atoms with Crippen molar-refractivity contribution >= 4 is 0 Å². The SMILES string of the molecule is Cc1cc(Oc2ccccc2)c[n+]([O-])c1. The third-order valence-corrected chi connectivity index (χ3v) is 1.93. The zero-order chi connectivity index (χ0) is 10.7. The molecule has 0 atom stereocenters. The summed E-state index contributed by atoms with van der Waals surface area (Å²) in [5, 5.41) is 11.1. The molecule has 0 saturated carbocycles. The fourth-order valence-electron chi connectivity index (χ4n) is 1.34. The molecule has 1 heterocycles. The maximum Gasteiger partial charge on any atom is 0.223 e. The molecule has 0 radical (unpaired) electrons. The van der Waals surface area contributed by atoms with Gasteiger partial charge in [0, 0.05) is 5.56 Å². The highest BCUT2D eigenvalue weighted by atomic mass is 16.5. The van der Waals surface area contributed by atoms with Crippen molar-refractivity contribution in [3.8, 4) is 11.5 Å². The molecule has 0 unspecified atom stereocenters. The Morgan fingerprint density at radius 2 is 1.80 bits per heavy atom. The Labute approximate surface area is 88.1 Å². The number of aryl methyl sites for hydroxylation is 1. The lowest BCUT2D eigenvalue weighted by Crippen LogP contribution is -2.24. The van der Waals surface area contributed by atoms with E-state index in [1.54, 1.807) is 0 Å². The summed E-state index contributed by atoms with van der Waals surface area (Å²) in [5.74, 6) is 1.28. The molecule has 0 bridgehead atoms. The molecule has 1 aromatic heterocycles. The second-order valence-corrected chi connectivity index (χ2v) is 3.32. The van der Waals surface area contributed by atoms with Gasteiger partial charge in [0.2, 0.25) is 6.20 Å². The van der Waals surface area contributed by atoms with Gasteiger partial charge < -0.3 is 9.94 Å². The van der Waals surface area contributed by atoms with E-state index >= 15 is 0 Å². The minimum atomic E-state index is 0.552. The number of hydrogen-bond donors (Lipinski definition) is 0. The van der Waals surface area contributed by atoms with Crippen LogP contribution < -0.4 is 9.47 Å². The summed E-state index contributed by atoms with van der Waals surface area (Å²) in [6.45, 7) is 1.85. The highest BCUT2D eigenvalue weighted by Crippen LogP contribution is 2.19. The van der Waals surface area contributed by atoms with Gasteiger partial charge in [0.05, 0.1) is 0 Å². The topological polar surface area (TPSA) is 36.2 Å². The van der Waals surface area contributed by atoms with Crippen LogP contribution in [0.3, 0.4) is 0 Å². The molecule has 2 aromatic rings. The molecule has 0 saturated heterocycles. The monoisotopic (exact) mass is 201 g/mol. The molecule has 0 spiro atoms. The summed E-state index contributed by atoms with van der Waals surface area (Å²) in [7, 11) is 0. The predicted molar refractivity (Wildman–Crippen MR) is 56.7 cm³/mol. The molecule has 3 nitrogen and oxygen atoms in total. The maximum atomic E-state index is 11.1. The van der Waals surface area contributed by atoms with Crippen molar-refractivity contribution in [2.24, 2.45) is 0 Å². The van der Waals surface area contributed by atoms with Crippen LogP contribution >= 0.6 is 0 Å².